The molecule has 10 heavy (non-hydrogen) atoms. The van der Waals surface area contributed by atoms with Gasteiger partial charge in [-0.1, -0.05) is 0 Å². The van der Waals surface area contributed by atoms with Crippen molar-refractivity contribution in [3.8, 4) is 0 Å². The van der Waals surface area contributed by atoms with Crippen LogP contribution in [-0.2, 0) is 4.74 Å². The summed E-state index contributed by atoms with van der Waals surface area (Å²) in [6.45, 7) is -2.05. The Balaban J connectivity index is 4.10. The van der Waals surface area contributed by atoms with Gasteiger partial charge in [-0.3, -0.25) is 4.74 Å². The van der Waals surface area contributed by atoms with Crippen LogP contribution in [0.3, 0.4) is 0 Å². The lowest BCUT2D eigenvalue weighted by molar-refractivity contribution is -0.430. The molecule has 0 aromatic rings. The first-order chi connectivity index (χ1) is 4.31. The Morgan fingerprint density at radius 3 is 1.70 bits per heavy atom. The van der Waals surface area contributed by atoms with Gasteiger partial charge >= 0.3 is 12.2 Å². The number of alkyl halides is 5. The normalized spacial score (nSPS) is 18.6. The van der Waals surface area contributed by atoms with Crippen LogP contribution >= 0.6 is 0 Å². The van der Waals surface area contributed by atoms with E-state index in [1.54, 1.807) is 0 Å². The van der Waals surface area contributed by atoms with Gasteiger partial charge in [0.05, 0.1) is 0 Å². The SMILES string of the molecule is OC(F)(OCF)C(F)(F)F. The van der Waals surface area contributed by atoms with E-state index < -0.39 is 19.1 Å². The Bertz CT molecular complexity index is 108. The van der Waals surface area contributed by atoms with Crippen LogP contribution in [0.15, 0.2) is 0 Å². The van der Waals surface area contributed by atoms with Crippen LogP contribution in [0, 0.1) is 0 Å². The molecule has 1 N–H and O–H groups in total. The summed E-state index contributed by atoms with van der Waals surface area (Å²) in [7, 11) is 0. The molecule has 0 spiro atoms. The fraction of sp³-hybridized carbons (Fsp3) is 1.00. The minimum Gasteiger partial charge on any atom is -0.333 e. The highest BCUT2D eigenvalue weighted by molar-refractivity contribution is 4.61. The van der Waals surface area contributed by atoms with Gasteiger partial charge in [-0.25, -0.2) is 4.39 Å². The molecule has 2 nitrogen and oxygen atoms in total. The van der Waals surface area contributed by atoms with E-state index in [0.29, 0.717) is 0 Å². The predicted octanol–water partition coefficient (Wildman–Crippen LogP) is 1.11. The predicted molar refractivity (Wildman–Crippen MR) is 19.2 cm³/mol. The molecule has 0 fully saturated rings. The zero-order valence-electron chi connectivity index (χ0n) is 4.45. The summed E-state index contributed by atoms with van der Waals surface area (Å²) in [5.41, 5.74) is 0. The molecule has 0 saturated carbocycles. The van der Waals surface area contributed by atoms with E-state index in [9.17, 15) is 22.0 Å². The van der Waals surface area contributed by atoms with Crippen LogP contribution in [0.1, 0.15) is 0 Å². The number of halogens is 5. The summed E-state index contributed by atoms with van der Waals surface area (Å²) in [5.74, 6) is 0. The van der Waals surface area contributed by atoms with Gasteiger partial charge in [0.25, 0.3) is 0 Å². The quantitative estimate of drug-likeness (QED) is 0.491. The average Bonchev–Trinajstić information content (AvgIpc) is 1.61. The Hall–Kier alpha value is -0.430. The van der Waals surface area contributed by atoms with Gasteiger partial charge < -0.3 is 5.11 Å². The standard InChI is InChI=1S/C3H3F5O2/c4-1-10-3(8,9)2(5,6)7/h9H,1H2. The highest BCUT2D eigenvalue weighted by atomic mass is 19.4. The van der Waals surface area contributed by atoms with Crippen LogP contribution in [-0.4, -0.2) is 24.2 Å². The molecular formula is C3H3F5O2. The average molecular weight is 166 g/mol. The summed E-state index contributed by atoms with van der Waals surface area (Å²) in [6, 6.07) is -4.89. The molecule has 0 radical (unpaired) electrons. The molecule has 0 aliphatic heterocycles. The first-order valence-electron chi connectivity index (χ1n) is 1.99. The van der Waals surface area contributed by atoms with Gasteiger partial charge in [0.15, 0.2) is 6.86 Å². The van der Waals surface area contributed by atoms with Crippen LogP contribution in [0.5, 0.6) is 0 Å². The molecule has 7 heteroatoms. The molecule has 0 aliphatic carbocycles. The molecule has 0 saturated heterocycles. The third-order valence-electron chi connectivity index (χ3n) is 0.595. The summed E-state index contributed by atoms with van der Waals surface area (Å²) < 4.78 is 58.5. The molecule has 0 heterocycles. The third kappa shape index (κ3) is 2.07. The van der Waals surface area contributed by atoms with Crippen LogP contribution in [0.2, 0.25) is 0 Å². The van der Waals surface area contributed by atoms with Gasteiger partial charge in [-0.2, -0.15) is 17.6 Å². The number of aliphatic hydroxyl groups is 1. The molecule has 0 aromatic heterocycles. The summed E-state index contributed by atoms with van der Waals surface area (Å²) in [6.07, 6.45) is -5.63. The molecule has 0 bridgehead atoms. The largest absolute Gasteiger partial charge is 0.477 e. The van der Waals surface area contributed by atoms with Crippen molar-refractivity contribution in [3.05, 3.63) is 0 Å². The van der Waals surface area contributed by atoms with Crippen LogP contribution < -0.4 is 0 Å². The van der Waals surface area contributed by atoms with Gasteiger partial charge in [-0.15, -0.1) is 0 Å². The zero-order chi connectivity index (χ0) is 8.41. The summed E-state index contributed by atoms with van der Waals surface area (Å²) in [5, 5.41) is 7.60. The van der Waals surface area contributed by atoms with Crippen molar-refractivity contribution in [3.63, 3.8) is 0 Å². The maximum atomic E-state index is 11.6. The highest BCUT2D eigenvalue weighted by Gasteiger charge is 2.57. The first-order valence-corrected chi connectivity index (χ1v) is 1.99. The monoisotopic (exact) mass is 166 g/mol. The second-order valence-corrected chi connectivity index (χ2v) is 1.31. The lowest BCUT2D eigenvalue weighted by atomic mass is 10.6. The highest BCUT2D eigenvalue weighted by Crippen LogP contribution is 2.32. The second kappa shape index (κ2) is 2.67. The lowest BCUT2D eigenvalue weighted by Gasteiger charge is -2.19. The van der Waals surface area contributed by atoms with Crippen molar-refractivity contribution >= 4 is 0 Å². The van der Waals surface area contributed by atoms with E-state index in [0.717, 1.165) is 0 Å². The Labute approximate surface area is 52.2 Å². The van der Waals surface area contributed by atoms with Crippen molar-refractivity contribution in [2.75, 3.05) is 6.86 Å². The maximum Gasteiger partial charge on any atom is 0.477 e. The van der Waals surface area contributed by atoms with Crippen molar-refractivity contribution in [2.45, 2.75) is 12.2 Å². The van der Waals surface area contributed by atoms with E-state index in [1.807, 2.05) is 0 Å². The Kier molecular flexibility index (Phi) is 2.55. The molecule has 62 valence electrons. The van der Waals surface area contributed by atoms with Gasteiger partial charge in [0.1, 0.15) is 0 Å². The van der Waals surface area contributed by atoms with E-state index >= 15 is 0 Å². The minimum absolute atomic E-state index is 2.05. The molecule has 1 unspecified atom stereocenters. The second-order valence-electron chi connectivity index (χ2n) is 1.31. The molecule has 0 aromatic carbocycles. The fourth-order valence-corrected chi connectivity index (χ4v) is 0.154. The molecular weight excluding hydrogens is 163 g/mol. The fourth-order valence-electron chi connectivity index (χ4n) is 0.154. The lowest BCUT2D eigenvalue weighted by Crippen LogP contribution is -2.43. The number of rotatable bonds is 2. The number of ether oxygens (including phenoxy) is 1. The van der Waals surface area contributed by atoms with E-state index in [-0.39, 0.29) is 0 Å². The molecule has 0 amide bonds. The molecule has 0 aliphatic rings. The van der Waals surface area contributed by atoms with E-state index in [2.05, 4.69) is 4.74 Å². The molecule has 1 atom stereocenters. The zero-order valence-corrected chi connectivity index (χ0v) is 4.45. The van der Waals surface area contributed by atoms with E-state index in [4.69, 9.17) is 5.11 Å². The van der Waals surface area contributed by atoms with Gasteiger partial charge in [0, 0.05) is 0 Å². The minimum atomic E-state index is -5.63. The third-order valence-corrected chi connectivity index (χ3v) is 0.595. The van der Waals surface area contributed by atoms with Crippen molar-refractivity contribution < 1.29 is 31.8 Å². The van der Waals surface area contributed by atoms with Crippen molar-refractivity contribution in [1.29, 1.82) is 0 Å². The van der Waals surface area contributed by atoms with Gasteiger partial charge in [-0.05, 0) is 0 Å². The number of hydrogen-bond acceptors (Lipinski definition) is 2. The summed E-state index contributed by atoms with van der Waals surface area (Å²) >= 11 is 0. The first kappa shape index (κ1) is 9.57. The maximum absolute atomic E-state index is 11.6. The van der Waals surface area contributed by atoms with Crippen molar-refractivity contribution in [1.82, 2.24) is 0 Å². The summed E-state index contributed by atoms with van der Waals surface area (Å²) in [4.78, 5) is 0. The molecule has 0 rings (SSSR count). The Morgan fingerprint density at radius 1 is 1.20 bits per heavy atom. The topological polar surface area (TPSA) is 29.5 Å². The van der Waals surface area contributed by atoms with Gasteiger partial charge in [0.2, 0.25) is 0 Å². The van der Waals surface area contributed by atoms with Crippen LogP contribution in [0.4, 0.5) is 22.0 Å². The Morgan fingerprint density at radius 2 is 1.60 bits per heavy atom. The van der Waals surface area contributed by atoms with Crippen molar-refractivity contribution in [2.24, 2.45) is 0 Å². The smallest absolute Gasteiger partial charge is 0.333 e. The van der Waals surface area contributed by atoms with Crippen LogP contribution in [0.25, 0.3) is 0 Å². The van der Waals surface area contributed by atoms with E-state index in [1.165, 1.54) is 0 Å². The number of hydrogen-bond donors (Lipinski definition) is 1.